The Morgan fingerprint density at radius 2 is 2.03 bits per heavy atom. The van der Waals surface area contributed by atoms with Gasteiger partial charge in [0.05, 0.1) is 5.52 Å². The number of rotatable bonds is 5. The largest absolute Gasteiger partial charge is 0.313 e. The lowest BCUT2D eigenvalue weighted by Crippen LogP contribution is -2.58. The van der Waals surface area contributed by atoms with Crippen LogP contribution in [-0.2, 0) is 10.8 Å². The van der Waals surface area contributed by atoms with Crippen molar-refractivity contribution in [1.29, 1.82) is 0 Å². The third kappa shape index (κ3) is 4.82. The maximum atomic E-state index is 11.0. The summed E-state index contributed by atoms with van der Waals surface area (Å²) in [7, 11) is 1.39. The summed E-state index contributed by atoms with van der Waals surface area (Å²) in [6.45, 7) is 6.23. The van der Waals surface area contributed by atoms with E-state index in [1.165, 1.54) is 4.90 Å². The minimum Gasteiger partial charge on any atom is -0.313 e. The number of carbonyl (C=O) groups excluding carboxylic acids is 1. The Kier molecular flexibility index (Phi) is 7.10. The second kappa shape index (κ2) is 9.41. The number of nitrogens with zero attached hydrogens (tertiary/aromatic N) is 3. The Bertz CT molecular complexity index is 1070. The summed E-state index contributed by atoms with van der Waals surface area (Å²) >= 11 is 1.70. The Balaban J connectivity index is 0.000000269. The number of thioether (sulfide) groups is 1. The van der Waals surface area contributed by atoms with E-state index in [9.17, 15) is 9.00 Å². The van der Waals surface area contributed by atoms with Gasteiger partial charge >= 0.3 is 0 Å². The maximum Gasteiger partial charge on any atom is 0.151 e. The van der Waals surface area contributed by atoms with E-state index in [0.717, 1.165) is 40.1 Å². The summed E-state index contributed by atoms with van der Waals surface area (Å²) < 4.78 is 12.5. The number of fused-ring (bicyclic) bond motifs is 1. The van der Waals surface area contributed by atoms with Gasteiger partial charge in [0.25, 0.3) is 0 Å². The van der Waals surface area contributed by atoms with E-state index < -0.39 is 10.8 Å². The van der Waals surface area contributed by atoms with Crippen molar-refractivity contribution in [3.8, 4) is 11.3 Å². The first-order chi connectivity index (χ1) is 14.3. The first-order valence-corrected chi connectivity index (χ1v) is 12.5. The Morgan fingerprint density at radius 3 is 2.57 bits per heavy atom. The van der Waals surface area contributed by atoms with Crippen molar-refractivity contribution in [2.45, 2.75) is 37.2 Å². The average Bonchev–Trinajstić information content (AvgIpc) is 3.12. The van der Waals surface area contributed by atoms with Gasteiger partial charge < -0.3 is 5.32 Å². The lowest BCUT2D eigenvalue weighted by molar-refractivity contribution is 0.112. The number of aldehydes is 1. The van der Waals surface area contributed by atoms with Gasteiger partial charge in [0.2, 0.25) is 0 Å². The lowest BCUT2D eigenvalue weighted by Gasteiger charge is -2.36. The minimum absolute atomic E-state index is 0.185. The zero-order valence-corrected chi connectivity index (χ0v) is 19.6. The van der Waals surface area contributed by atoms with Crippen LogP contribution in [0.5, 0.6) is 0 Å². The first-order valence-electron chi connectivity index (χ1n) is 9.82. The molecule has 1 saturated heterocycles. The Morgan fingerprint density at radius 1 is 1.30 bits per heavy atom. The van der Waals surface area contributed by atoms with Gasteiger partial charge in [0.15, 0.2) is 6.29 Å². The zero-order chi connectivity index (χ0) is 21.9. The van der Waals surface area contributed by atoms with Gasteiger partial charge in [-0.05, 0) is 52.3 Å². The molecule has 1 fully saturated rings. The first kappa shape index (κ1) is 22.7. The summed E-state index contributed by atoms with van der Waals surface area (Å²) in [4.78, 5) is 16.7. The van der Waals surface area contributed by atoms with Crippen LogP contribution in [0.2, 0.25) is 0 Å². The molecule has 1 aromatic carbocycles. The van der Waals surface area contributed by atoms with Gasteiger partial charge in [-0.1, -0.05) is 12.1 Å². The van der Waals surface area contributed by atoms with Gasteiger partial charge in [-0.15, -0.1) is 11.8 Å². The lowest BCUT2D eigenvalue weighted by atomic mass is 10.1. The smallest absolute Gasteiger partial charge is 0.151 e. The molecule has 0 spiro atoms. The van der Waals surface area contributed by atoms with Crippen molar-refractivity contribution in [2.75, 3.05) is 24.8 Å². The van der Waals surface area contributed by atoms with Gasteiger partial charge in [-0.2, -0.15) is 5.10 Å². The highest BCUT2D eigenvalue weighted by atomic mass is 32.2. The molecule has 0 unspecified atom stereocenters. The van der Waals surface area contributed by atoms with E-state index >= 15 is 0 Å². The third-order valence-corrected chi connectivity index (χ3v) is 7.74. The number of pyridine rings is 1. The van der Waals surface area contributed by atoms with Crippen LogP contribution in [-0.4, -0.2) is 55.6 Å². The van der Waals surface area contributed by atoms with Crippen LogP contribution in [0.1, 0.15) is 37.2 Å². The quantitative estimate of drug-likeness (QED) is 0.474. The summed E-state index contributed by atoms with van der Waals surface area (Å²) in [5.41, 5.74) is 4.38. The molecule has 160 valence electrons. The molecular weight excluding hydrogens is 416 g/mol. The molecule has 0 amide bonds. The maximum absolute atomic E-state index is 11.0. The molecule has 3 aromatic rings. The number of aromatic nitrogens is 3. The van der Waals surface area contributed by atoms with E-state index in [1.807, 2.05) is 29.9 Å². The molecule has 8 heteroatoms. The fourth-order valence-corrected chi connectivity index (χ4v) is 5.36. The molecule has 0 saturated carbocycles. The van der Waals surface area contributed by atoms with Crippen LogP contribution in [0.4, 0.5) is 0 Å². The van der Waals surface area contributed by atoms with Crippen LogP contribution < -0.4 is 5.32 Å². The van der Waals surface area contributed by atoms with Gasteiger partial charge in [-0.3, -0.25) is 18.7 Å². The molecule has 30 heavy (non-hydrogen) atoms. The molecule has 1 N–H and O–H groups in total. The molecule has 1 aliphatic heterocycles. The molecular formula is C22H28N4O2S2. The van der Waals surface area contributed by atoms with Crippen LogP contribution >= 0.6 is 11.8 Å². The van der Waals surface area contributed by atoms with Crippen molar-refractivity contribution < 1.29 is 9.00 Å². The number of nitrogens with one attached hydrogen (secondary N) is 1. The second-order valence-electron chi connectivity index (χ2n) is 7.91. The Hall–Kier alpha value is -2.03. The zero-order valence-electron chi connectivity index (χ0n) is 18.0. The van der Waals surface area contributed by atoms with E-state index in [1.54, 1.807) is 18.0 Å². The number of hydrogen-bond donors (Lipinski definition) is 1. The molecule has 0 aliphatic carbocycles. The van der Waals surface area contributed by atoms with Gasteiger partial charge in [0.1, 0.15) is 11.2 Å². The van der Waals surface area contributed by atoms with E-state index in [2.05, 4.69) is 49.5 Å². The summed E-state index contributed by atoms with van der Waals surface area (Å²) in [5.74, 6) is 1.65. The summed E-state index contributed by atoms with van der Waals surface area (Å²) in [6, 6.07) is 10.3. The average molecular weight is 445 g/mol. The van der Waals surface area contributed by atoms with Crippen molar-refractivity contribution >= 4 is 39.9 Å². The van der Waals surface area contributed by atoms with Gasteiger partial charge in [0, 0.05) is 56.1 Å². The molecule has 3 heterocycles. The van der Waals surface area contributed by atoms with Crippen LogP contribution in [0.3, 0.4) is 0 Å². The van der Waals surface area contributed by atoms with E-state index in [-0.39, 0.29) is 11.6 Å². The molecule has 0 radical (unpaired) electrons. The topological polar surface area (TPSA) is 76.9 Å². The normalized spacial score (nSPS) is 20.5. The summed E-state index contributed by atoms with van der Waals surface area (Å²) in [5, 5.41) is 7.85. The molecule has 4 rings (SSSR count). The predicted molar refractivity (Wildman–Crippen MR) is 126 cm³/mol. The standard InChI is InChI=1S/C17H17N3OS.C5H11NOS/c1-11(2)20-15-7-12(10-21)9-18-17(15)16(19-20)13-5-4-6-14(8-13)22-3;1-5(6-2)3-8(7)4-5/h4-11H,1-3H3;6H,3-4H2,1-2H3. The fraction of sp³-hybridized carbons (Fsp3) is 0.409. The minimum atomic E-state index is -0.524. The highest BCUT2D eigenvalue weighted by Gasteiger charge is 2.36. The van der Waals surface area contributed by atoms with Crippen LogP contribution in [0, 0.1) is 0 Å². The molecule has 0 atom stereocenters. The summed E-state index contributed by atoms with van der Waals surface area (Å²) in [6.07, 6.45) is 4.47. The van der Waals surface area contributed by atoms with E-state index in [0.29, 0.717) is 5.56 Å². The highest BCUT2D eigenvalue weighted by molar-refractivity contribution is 7.98. The fourth-order valence-electron chi connectivity index (χ4n) is 3.27. The van der Waals surface area contributed by atoms with Crippen LogP contribution in [0.15, 0.2) is 41.4 Å². The van der Waals surface area contributed by atoms with Crippen molar-refractivity contribution in [1.82, 2.24) is 20.1 Å². The van der Waals surface area contributed by atoms with Crippen molar-refractivity contribution in [3.05, 3.63) is 42.1 Å². The van der Waals surface area contributed by atoms with E-state index in [4.69, 9.17) is 5.10 Å². The number of carbonyl (C=O) groups is 1. The van der Waals surface area contributed by atoms with Crippen LogP contribution in [0.25, 0.3) is 22.3 Å². The highest BCUT2D eigenvalue weighted by Crippen LogP contribution is 2.30. The second-order valence-corrected chi connectivity index (χ2v) is 10.2. The monoisotopic (exact) mass is 444 g/mol. The predicted octanol–water partition coefficient (Wildman–Crippen LogP) is 3.94. The molecule has 0 bridgehead atoms. The number of hydrogen-bond acceptors (Lipinski definition) is 6. The molecule has 1 aliphatic rings. The van der Waals surface area contributed by atoms with Crippen molar-refractivity contribution in [2.24, 2.45) is 0 Å². The SMILES string of the molecule is CNC1(C)CS(=O)C1.CSc1cccc(-c2nn(C(C)C)c3cc(C=O)cnc23)c1. The molecule has 2 aromatic heterocycles. The van der Waals surface area contributed by atoms with Gasteiger partial charge in [-0.25, -0.2) is 0 Å². The number of benzene rings is 1. The molecule has 6 nitrogen and oxygen atoms in total. The third-order valence-electron chi connectivity index (χ3n) is 5.10. The Labute approximate surface area is 184 Å². The van der Waals surface area contributed by atoms with Crippen molar-refractivity contribution in [3.63, 3.8) is 0 Å².